The van der Waals surface area contributed by atoms with Crippen molar-refractivity contribution < 1.29 is 14.6 Å². The minimum absolute atomic E-state index is 0.0252. The maximum absolute atomic E-state index is 10.4. The summed E-state index contributed by atoms with van der Waals surface area (Å²) >= 11 is 0. The Hall–Kier alpha value is -2.90. The van der Waals surface area contributed by atoms with E-state index in [4.69, 9.17) is 5.11 Å². The molecule has 3 heterocycles. The number of carbonyl (C=O) groups is 1. The molecule has 18 heavy (non-hydrogen) atoms. The van der Waals surface area contributed by atoms with E-state index in [1.54, 1.807) is 22.7 Å². The molecule has 0 aliphatic heterocycles. The van der Waals surface area contributed by atoms with Crippen LogP contribution < -0.4 is 4.74 Å². The summed E-state index contributed by atoms with van der Waals surface area (Å²) in [6, 6.07) is 3.53. The second kappa shape index (κ2) is 3.84. The molecule has 3 rings (SSSR count). The third-order valence-electron chi connectivity index (χ3n) is 2.31. The Morgan fingerprint density at radius 1 is 1.39 bits per heavy atom. The number of ether oxygens (including phenoxy) is 1. The molecule has 0 aliphatic carbocycles. The highest BCUT2D eigenvalue weighted by Gasteiger charge is 2.08. The number of nitrogens with one attached hydrogen (secondary N) is 1. The zero-order chi connectivity index (χ0) is 12.5. The van der Waals surface area contributed by atoms with Gasteiger partial charge in [0.05, 0.1) is 6.20 Å². The number of hydrogen-bond acceptors (Lipinski definition) is 5. The first kappa shape index (κ1) is 10.3. The third-order valence-corrected chi connectivity index (χ3v) is 2.31. The second-order valence-corrected chi connectivity index (χ2v) is 3.46. The number of fused-ring (bicyclic) bond motifs is 1. The normalized spacial score (nSPS) is 10.7. The minimum atomic E-state index is -1.39. The standard InChI is InChI=1S/C10H7N5O3/c16-10(17)18-8-4-15-3-6(1-2-7(15)13-8)9-11-5-12-14-9/h1-5H,(H,16,17)(H,11,12,14). The fraction of sp³-hybridized carbons (Fsp3) is 0. The van der Waals surface area contributed by atoms with Crippen LogP contribution in [0.3, 0.4) is 0 Å². The van der Waals surface area contributed by atoms with Gasteiger partial charge in [0.1, 0.15) is 12.0 Å². The first-order valence-electron chi connectivity index (χ1n) is 4.97. The van der Waals surface area contributed by atoms with Crippen LogP contribution in [0.15, 0.2) is 30.9 Å². The Bertz CT molecular complexity index is 703. The molecule has 0 spiro atoms. The van der Waals surface area contributed by atoms with Crippen molar-refractivity contribution in [1.82, 2.24) is 24.6 Å². The molecule has 0 radical (unpaired) electrons. The lowest BCUT2D eigenvalue weighted by Crippen LogP contribution is -2.02. The van der Waals surface area contributed by atoms with Gasteiger partial charge in [-0.25, -0.2) is 9.78 Å². The van der Waals surface area contributed by atoms with E-state index in [1.807, 2.05) is 0 Å². The Labute approximate surface area is 99.9 Å². The van der Waals surface area contributed by atoms with Crippen LogP contribution in [-0.4, -0.2) is 35.8 Å². The lowest BCUT2D eigenvalue weighted by Gasteiger charge is -1.97. The van der Waals surface area contributed by atoms with Crippen molar-refractivity contribution in [2.75, 3.05) is 0 Å². The van der Waals surface area contributed by atoms with E-state index in [0.717, 1.165) is 5.56 Å². The smallest absolute Gasteiger partial charge is 0.449 e. The molecule has 0 amide bonds. The third kappa shape index (κ3) is 1.75. The highest BCUT2D eigenvalue weighted by Crippen LogP contribution is 2.18. The topological polar surface area (TPSA) is 105 Å². The highest BCUT2D eigenvalue weighted by atomic mass is 16.7. The van der Waals surface area contributed by atoms with Gasteiger partial charge in [0.25, 0.3) is 0 Å². The van der Waals surface area contributed by atoms with Gasteiger partial charge in [0.2, 0.25) is 5.88 Å². The number of hydrogen-bond donors (Lipinski definition) is 2. The molecule has 0 saturated carbocycles. The molecule has 8 nitrogen and oxygen atoms in total. The highest BCUT2D eigenvalue weighted by molar-refractivity contribution is 5.62. The summed E-state index contributed by atoms with van der Waals surface area (Å²) in [7, 11) is 0. The van der Waals surface area contributed by atoms with E-state index in [0.29, 0.717) is 11.5 Å². The van der Waals surface area contributed by atoms with E-state index < -0.39 is 6.16 Å². The summed E-state index contributed by atoms with van der Waals surface area (Å²) in [4.78, 5) is 18.4. The Kier molecular flexibility index (Phi) is 2.19. The molecule has 2 N–H and O–H groups in total. The van der Waals surface area contributed by atoms with E-state index in [9.17, 15) is 4.79 Å². The summed E-state index contributed by atoms with van der Waals surface area (Å²) in [5.74, 6) is 0.642. The molecule has 3 aromatic heterocycles. The molecular formula is C10H7N5O3. The van der Waals surface area contributed by atoms with Crippen LogP contribution in [0, 0.1) is 0 Å². The number of nitrogens with zero attached hydrogens (tertiary/aromatic N) is 4. The fourth-order valence-corrected chi connectivity index (χ4v) is 1.59. The van der Waals surface area contributed by atoms with Gasteiger partial charge in [-0.15, -0.1) is 0 Å². The summed E-state index contributed by atoms with van der Waals surface area (Å²) in [6.07, 6.45) is 3.24. The van der Waals surface area contributed by atoms with E-state index in [-0.39, 0.29) is 5.88 Å². The summed E-state index contributed by atoms with van der Waals surface area (Å²) in [5, 5.41) is 15.0. The van der Waals surface area contributed by atoms with Gasteiger partial charge >= 0.3 is 6.16 Å². The van der Waals surface area contributed by atoms with Gasteiger partial charge in [0, 0.05) is 11.8 Å². The quantitative estimate of drug-likeness (QED) is 0.656. The molecule has 0 bridgehead atoms. The summed E-state index contributed by atoms with van der Waals surface area (Å²) in [6.45, 7) is 0. The maximum atomic E-state index is 10.4. The molecule has 0 saturated heterocycles. The van der Waals surface area contributed by atoms with Crippen LogP contribution in [0.5, 0.6) is 5.88 Å². The molecule has 0 aromatic carbocycles. The number of H-pyrrole nitrogens is 1. The van der Waals surface area contributed by atoms with Crippen molar-refractivity contribution in [3.8, 4) is 17.3 Å². The van der Waals surface area contributed by atoms with Crippen LogP contribution in [-0.2, 0) is 0 Å². The molecule has 8 heteroatoms. The second-order valence-electron chi connectivity index (χ2n) is 3.46. The average molecular weight is 245 g/mol. The van der Waals surface area contributed by atoms with Crippen molar-refractivity contribution in [2.24, 2.45) is 0 Å². The van der Waals surface area contributed by atoms with E-state index in [1.165, 1.54) is 12.5 Å². The first-order valence-corrected chi connectivity index (χ1v) is 4.97. The lowest BCUT2D eigenvalue weighted by atomic mass is 10.3. The van der Waals surface area contributed by atoms with Gasteiger partial charge in [-0.3, -0.25) is 5.10 Å². The fourth-order valence-electron chi connectivity index (χ4n) is 1.59. The first-order chi connectivity index (χ1) is 8.72. The maximum Gasteiger partial charge on any atom is 0.512 e. The number of pyridine rings is 1. The number of aromatic amines is 1. The number of carboxylic acid groups (broad SMARTS) is 1. The largest absolute Gasteiger partial charge is 0.512 e. The molecule has 0 unspecified atom stereocenters. The zero-order valence-electron chi connectivity index (χ0n) is 8.94. The van der Waals surface area contributed by atoms with E-state index in [2.05, 4.69) is 24.9 Å². The number of aromatic nitrogens is 5. The van der Waals surface area contributed by atoms with Crippen molar-refractivity contribution in [3.63, 3.8) is 0 Å². The van der Waals surface area contributed by atoms with Crippen molar-refractivity contribution in [2.45, 2.75) is 0 Å². The zero-order valence-corrected chi connectivity index (χ0v) is 8.94. The monoisotopic (exact) mass is 245 g/mol. The van der Waals surface area contributed by atoms with Gasteiger partial charge < -0.3 is 14.2 Å². The van der Waals surface area contributed by atoms with Gasteiger partial charge in [-0.05, 0) is 12.1 Å². The molecule has 3 aromatic rings. The van der Waals surface area contributed by atoms with Gasteiger partial charge in [0.15, 0.2) is 5.82 Å². The van der Waals surface area contributed by atoms with Crippen LogP contribution in [0.25, 0.3) is 17.0 Å². The Morgan fingerprint density at radius 2 is 2.28 bits per heavy atom. The Balaban J connectivity index is 2.04. The van der Waals surface area contributed by atoms with Crippen LogP contribution in [0.2, 0.25) is 0 Å². The molecule has 0 atom stereocenters. The molecule has 90 valence electrons. The van der Waals surface area contributed by atoms with Crippen LogP contribution in [0.1, 0.15) is 0 Å². The molecule has 0 fully saturated rings. The predicted molar refractivity (Wildman–Crippen MR) is 59.2 cm³/mol. The number of rotatable bonds is 2. The lowest BCUT2D eigenvalue weighted by molar-refractivity contribution is 0.143. The average Bonchev–Trinajstić information content (AvgIpc) is 2.94. The van der Waals surface area contributed by atoms with Crippen LogP contribution in [0.4, 0.5) is 4.79 Å². The van der Waals surface area contributed by atoms with Crippen LogP contribution >= 0.6 is 0 Å². The van der Waals surface area contributed by atoms with E-state index >= 15 is 0 Å². The SMILES string of the molecule is O=C(O)Oc1cn2cc(-c3ncn[nH]3)ccc2n1. The molecular weight excluding hydrogens is 238 g/mol. The van der Waals surface area contributed by atoms with Crippen molar-refractivity contribution in [3.05, 3.63) is 30.9 Å². The summed E-state index contributed by atoms with van der Waals surface area (Å²) < 4.78 is 6.13. The predicted octanol–water partition coefficient (Wildman–Crippen LogP) is 1.18. The van der Waals surface area contributed by atoms with Gasteiger partial charge in [-0.1, -0.05) is 0 Å². The molecule has 0 aliphatic rings. The Morgan fingerprint density at radius 3 is 3.00 bits per heavy atom. The van der Waals surface area contributed by atoms with Crippen molar-refractivity contribution >= 4 is 11.8 Å². The van der Waals surface area contributed by atoms with Gasteiger partial charge in [-0.2, -0.15) is 10.1 Å². The van der Waals surface area contributed by atoms with Crippen molar-refractivity contribution in [1.29, 1.82) is 0 Å². The summed E-state index contributed by atoms with van der Waals surface area (Å²) in [5.41, 5.74) is 1.38. The minimum Gasteiger partial charge on any atom is -0.449 e. The number of imidazole rings is 1.